The number of hydrogen-bond donors (Lipinski definition) is 2. The Balaban J connectivity index is 2.08. The van der Waals surface area contributed by atoms with E-state index in [0.717, 1.165) is 16.7 Å². The molecule has 0 saturated carbocycles. The van der Waals surface area contributed by atoms with Crippen LogP contribution in [0.5, 0.6) is 0 Å². The molecule has 3 aromatic rings. The van der Waals surface area contributed by atoms with Crippen molar-refractivity contribution >= 4 is 29.2 Å². The topological polar surface area (TPSA) is 97.1 Å². The fraction of sp³-hybridized carbons (Fsp3) is 0.304. The van der Waals surface area contributed by atoms with Gasteiger partial charge in [0.15, 0.2) is 0 Å². The quantitative estimate of drug-likeness (QED) is 0.374. The van der Waals surface area contributed by atoms with Crippen LogP contribution in [0.3, 0.4) is 0 Å². The van der Waals surface area contributed by atoms with Gasteiger partial charge in [-0.1, -0.05) is 23.7 Å². The number of anilines is 2. The third-order valence-corrected chi connectivity index (χ3v) is 5.47. The molecule has 0 spiro atoms. The molecule has 0 aliphatic carbocycles. The summed E-state index contributed by atoms with van der Waals surface area (Å²) in [5.74, 6) is -0.665. The molecular formula is C23H23ClF3N4O4+. The van der Waals surface area contributed by atoms with E-state index in [1.165, 1.54) is 37.7 Å². The minimum Gasteiger partial charge on any atom is -0.469 e. The molecule has 3 rings (SSSR count). The lowest BCUT2D eigenvalue weighted by atomic mass is 9.94. The Hall–Kier alpha value is -3.60. The van der Waals surface area contributed by atoms with Gasteiger partial charge < -0.3 is 4.74 Å². The molecule has 2 aromatic carbocycles. The molecule has 1 heterocycles. The smallest absolute Gasteiger partial charge is 0.421 e. The number of aromatic nitrogens is 3. The van der Waals surface area contributed by atoms with Crippen LogP contribution in [0.25, 0.3) is 0 Å². The van der Waals surface area contributed by atoms with Gasteiger partial charge in [0.1, 0.15) is 0 Å². The number of nitrogens with one attached hydrogen (secondary N) is 2. The number of nitrogens with zero attached hydrogens (tertiary/aromatic N) is 2. The molecular weight excluding hydrogens is 489 g/mol. The van der Waals surface area contributed by atoms with E-state index in [1.54, 1.807) is 24.3 Å². The zero-order chi connectivity index (χ0) is 26.0. The van der Waals surface area contributed by atoms with Crippen molar-refractivity contribution in [3.8, 4) is 0 Å². The number of aromatic amines is 1. The predicted molar refractivity (Wildman–Crippen MR) is 123 cm³/mol. The molecule has 1 aromatic heterocycles. The molecule has 0 atom stereocenters. The second-order valence-corrected chi connectivity index (χ2v) is 8.87. The monoisotopic (exact) mass is 511 g/mol. The van der Waals surface area contributed by atoms with Crippen LogP contribution in [0, 0.1) is 5.41 Å². The van der Waals surface area contributed by atoms with Crippen LogP contribution in [0.4, 0.5) is 24.8 Å². The normalized spacial score (nSPS) is 11.9. The standard InChI is InChI=1S/C23H22ClF3N4O4/c1-22(2,18(32)35-3)13-31-20(33)29-19(28-17-10-6-15(7-11-17)23(25,26)27)30(21(31)34)12-14-4-8-16(24)9-5-14/h4-11H,12-13H2,1-3H3,(H,28,29,33)/p+1. The van der Waals surface area contributed by atoms with Gasteiger partial charge in [0.25, 0.3) is 0 Å². The Morgan fingerprint density at radius 1 is 1.09 bits per heavy atom. The third-order valence-electron chi connectivity index (χ3n) is 5.22. The van der Waals surface area contributed by atoms with Crippen molar-refractivity contribution in [1.82, 2.24) is 9.55 Å². The van der Waals surface area contributed by atoms with Crippen LogP contribution < -0.4 is 21.3 Å². The summed E-state index contributed by atoms with van der Waals surface area (Å²) in [7, 11) is 1.20. The molecule has 0 aliphatic heterocycles. The summed E-state index contributed by atoms with van der Waals surface area (Å²) in [5, 5.41) is 3.28. The van der Waals surface area contributed by atoms with E-state index < -0.39 is 34.5 Å². The van der Waals surface area contributed by atoms with E-state index in [1.807, 2.05) is 0 Å². The van der Waals surface area contributed by atoms with Crippen LogP contribution in [0.2, 0.25) is 5.02 Å². The van der Waals surface area contributed by atoms with Gasteiger partial charge in [-0.25, -0.2) is 14.6 Å². The summed E-state index contributed by atoms with van der Waals surface area (Å²) in [5.41, 5.74) is -2.70. The maximum absolute atomic E-state index is 13.4. The maximum atomic E-state index is 13.4. The molecule has 0 aliphatic rings. The number of benzene rings is 2. The fourth-order valence-corrected chi connectivity index (χ4v) is 3.46. The first-order chi connectivity index (χ1) is 16.3. The van der Waals surface area contributed by atoms with Gasteiger partial charge in [0.05, 0.1) is 36.9 Å². The van der Waals surface area contributed by atoms with Gasteiger partial charge in [-0.3, -0.25) is 10.1 Å². The number of carbonyl (C=O) groups is 1. The first-order valence-electron chi connectivity index (χ1n) is 10.4. The number of rotatable bonds is 7. The molecule has 0 saturated heterocycles. The Morgan fingerprint density at radius 3 is 2.23 bits per heavy atom. The Labute approximate surface area is 202 Å². The summed E-state index contributed by atoms with van der Waals surface area (Å²) in [6.07, 6.45) is -4.51. The fourth-order valence-electron chi connectivity index (χ4n) is 3.34. The van der Waals surface area contributed by atoms with Crippen molar-refractivity contribution in [2.45, 2.75) is 33.1 Å². The van der Waals surface area contributed by atoms with E-state index in [4.69, 9.17) is 16.3 Å². The molecule has 12 heteroatoms. The summed E-state index contributed by atoms with van der Waals surface area (Å²) in [6.45, 7) is 2.79. The zero-order valence-electron chi connectivity index (χ0n) is 19.1. The van der Waals surface area contributed by atoms with Crippen molar-refractivity contribution in [2.24, 2.45) is 5.41 Å². The molecule has 0 amide bonds. The summed E-state index contributed by atoms with van der Waals surface area (Å²) in [6, 6.07) is 10.7. The SMILES string of the molecule is COC(=O)C(C)(C)Cn1c(=O)[nH]c(Nc2ccc(C(F)(F)F)cc2)[n+](Cc2ccc(Cl)cc2)c1=O. The summed E-state index contributed by atoms with van der Waals surface area (Å²) >= 11 is 5.93. The zero-order valence-corrected chi connectivity index (χ0v) is 19.8. The lowest BCUT2D eigenvalue weighted by Gasteiger charge is -2.20. The number of esters is 1. The van der Waals surface area contributed by atoms with Crippen molar-refractivity contribution in [3.63, 3.8) is 0 Å². The first-order valence-corrected chi connectivity index (χ1v) is 10.7. The van der Waals surface area contributed by atoms with Crippen LogP contribution in [-0.2, 0) is 28.8 Å². The average Bonchev–Trinajstić information content (AvgIpc) is 2.79. The highest BCUT2D eigenvalue weighted by Crippen LogP contribution is 2.30. The van der Waals surface area contributed by atoms with E-state index in [9.17, 15) is 27.6 Å². The molecule has 35 heavy (non-hydrogen) atoms. The van der Waals surface area contributed by atoms with Crippen molar-refractivity contribution in [2.75, 3.05) is 12.4 Å². The molecule has 8 nitrogen and oxygen atoms in total. The number of carbonyl (C=O) groups excluding carboxylic acids is 1. The molecule has 186 valence electrons. The number of halogens is 4. The highest BCUT2D eigenvalue weighted by Gasteiger charge is 2.34. The molecule has 2 N–H and O–H groups in total. The van der Waals surface area contributed by atoms with Crippen molar-refractivity contribution < 1.29 is 27.3 Å². The molecule has 0 fully saturated rings. The minimum atomic E-state index is -4.51. The predicted octanol–water partition coefficient (Wildman–Crippen LogP) is 3.49. The maximum Gasteiger partial charge on any atom is 0.421 e. The van der Waals surface area contributed by atoms with Crippen LogP contribution in [-0.4, -0.2) is 22.6 Å². The highest BCUT2D eigenvalue weighted by atomic mass is 35.5. The molecule has 0 unspecified atom stereocenters. The Morgan fingerprint density at radius 2 is 1.69 bits per heavy atom. The van der Waals surface area contributed by atoms with E-state index >= 15 is 0 Å². The van der Waals surface area contributed by atoms with Gasteiger partial charge in [0.2, 0.25) is 0 Å². The Bertz CT molecular complexity index is 1330. The largest absolute Gasteiger partial charge is 0.469 e. The average molecular weight is 512 g/mol. The van der Waals surface area contributed by atoms with Crippen LogP contribution >= 0.6 is 11.6 Å². The number of ether oxygens (including phenoxy) is 1. The number of methoxy groups -OCH3 is 1. The van der Waals surface area contributed by atoms with Gasteiger partial charge in [-0.15, -0.1) is 0 Å². The third kappa shape index (κ3) is 6.10. The first kappa shape index (κ1) is 26.0. The van der Waals surface area contributed by atoms with Gasteiger partial charge in [0, 0.05) is 5.02 Å². The van der Waals surface area contributed by atoms with Crippen molar-refractivity contribution in [3.05, 3.63) is 85.6 Å². The van der Waals surface area contributed by atoms with Gasteiger partial charge >= 0.3 is 29.5 Å². The molecule has 0 radical (unpaired) electrons. The Kier molecular flexibility index (Phi) is 7.39. The number of alkyl halides is 3. The molecule has 0 bridgehead atoms. The minimum absolute atomic E-state index is 0.00555. The number of H-pyrrole nitrogens is 1. The number of hydrogen-bond acceptors (Lipinski definition) is 5. The summed E-state index contributed by atoms with van der Waals surface area (Å²) in [4.78, 5) is 40.9. The lowest BCUT2D eigenvalue weighted by molar-refractivity contribution is -0.696. The van der Waals surface area contributed by atoms with E-state index in [0.29, 0.717) is 10.6 Å². The lowest BCUT2D eigenvalue weighted by Crippen LogP contribution is -2.61. The van der Waals surface area contributed by atoms with E-state index in [2.05, 4.69) is 10.3 Å². The summed E-state index contributed by atoms with van der Waals surface area (Å²) < 4.78 is 45.5. The van der Waals surface area contributed by atoms with Crippen LogP contribution in [0.1, 0.15) is 25.0 Å². The van der Waals surface area contributed by atoms with Crippen molar-refractivity contribution in [1.29, 1.82) is 0 Å². The van der Waals surface area contributed by atoms with Gasteiger partial charge in [-0.2, -0.15) is 22.3 Å². The highest BCUT2D eigenvalue weighted by molar-refractivity contribution is 6.30. The second-order valence-electron chi connectivity index (χ2n) is 8.44. The van der Waals surface area contributed by atoms with Crippen LogP contribution in [0.15, 0.2) is 58.1 Å². The van der Waals surface area contributed by atoms with Gasteiger partial charge in [-0.05, 0) is 55.8 Å². The van der Waals surface area contributed by atoms with E-state index in [-0.39, 0.29) is 24.7 Å². The second kappa shape index (κ2) is 9.95.